The van der Waals surface area contributed by atoms with Crippen molar-refractivity contribution in [3.63, 3.8) is 0 Å². The van der Waals surface area contributed by atoms with Crippen molar-refractivity contribution < 1.29 is 9.18 Å². The molecule has 2 aromatic rings. The van der Waals surface area contributed by atoms with Crippen LogP contribution in [-0.4, -0.2) is 46.5 Å². The number of rotatable bonds is 5. The first-order valence-corrected chi connectivity index (χ1v) is 10.6. The van der Waals surface area contributed by atoms with Gasteiger partial charge < -0.3 is 4.90 Å². The molecule has 0 bridgehead atoms. The highest BCUT2D eigenvalue weighted by Gasteiger charge is 2.32. The van der Waals surface area contributed by atoms with Crippen LogP contribution in [0, 0.1) is 12.7 Å². The number of amides is 1. The molecule has 0 spiro atoms. The largest absolute Gasteiger partial charge is 0.300 e. The number of benzene rings is 1. The standard InChI is InChI=1S/C23H29FN4O/c1-15(2)27-12-10-18(14-27)22-25-16(3)19-8-9-21(29)28(23(19)26-22)13-11-17-6-4-5-7-20(17)24/h4-7,15,18H,8-14H2,1-3H3/t18-/m0/s1. The number of anilines is 1. The summed E-state index contributed by atoms with van der Waals surface area (Å²) in [6, 6.07) is 7.27. The van der Waals surface area contributed by atoms with E-state index in [1.165, 1.54) is 6.07 Å². The van der Waals surface area contributed by atoms with Gasteiger partial charge in [-0.3, -0.25) is 9.69 Å². The van der Waals surface area contributed by atoms with Crippen LogP contribution in [0.5, 0.6) is 0 Å². The van der Waals surface area contributed by atoms with Crippen molar-refractivity contribution in [2.75, 3.05) is 24.5 Å². The van der Waals surface area contributed by atoms with Crippen molar-refractivity contribution >= 4 is 11.7 Å². The Hall–Kier alpha value is -2.34. The molecule has 3 heterocycles. The fourth-order valence-corrected chi connectivity index (χ4v) is 4.42. The minimum atomic E-state index is -0.225. The van der Waals surface area contributed by atoms with Gasteiger partial charge in [0, 0.05) is 42.7 Å². The second-order valence-corrected chi connectivity index (χ2v) is 8.43. The van der Waals surface area contributed by atoms with Gasteiger partial charge >= 0.3 is 0 Å². The number of hydrogen-bond acceptors (Lipinski definition) is 4. The molecule has 5 nitrogen and oxygen atoms in total. The van der Waals surface area contributed by atoms with Gasteiger partial charge in [-0.15, -0.1) is 0 Å². The molecule has 0 aliphatic carbocycles. The molecule has 1 aromatic heterocycles. The van der Waals surface area contributed by atoms with Crippen molar-refractivity contribution in [1.82, 2.24) is 14.9 Å². The zero-order valence-corrected chi connectivity index (χ0v) is 17.5. The van der Waals surface area contributed by atoms with Crippen LogP contribution in [0.25, 0.3) is 0 Å². The molecule has 0 radical (unpaired) electrons. The van der Waals surface area contributed by atoms with Crippen LogP contribution >= 0.6 is 0 Å². The van der Waals surface area contributed by atoms with Gasteiger partial charge in [0.15, 0.2) is 0 Å². The first-order chi connectivity index (χ1) is 13.9. The number of aryl methyl sites for hydroxylation is 1. The average molecular weight is 397 g/mol. The van der Waals surface area contributed by atoms with Gasteiger partial charge in [0.2, 0.25) is 5.91 Å². The number of hydrogen-bond donors (Lipinski definition) is 0. The van der Waals surface area contributed by atoms with Gasteiger partial charge in [0.1, 0.15) is 17.5 Å². The summed E-state index contributed by atoms with van der Waals surface area (Å²) in [5, 5.41) is 0. The van der Waals surface area contributed by atoms with E-state index in [-0.39, 0.29) is 11.7 Å². The third-order valence-electron chi connectivity index (χ3n) is 6.23. The summed E-state index contributed by atoms with van der Waals surface area (Å²) >= 11 is 0. The van der Waals surface area contributed by atoms with Crippen molar-refractivity contribution in [2.24, 2.45) is 0 Å². The SMILES string of the molecule is Cc1nc([C@H]2CCN(C(C)C)C2)nc2c1CCC(=O)N2CCc1ccccc1F. The van der Waals surface area contributed by atoms with Gasteiger partial charge in [-0.05, 0) is 58.2 Å². The van der Waals surface area contributed by atoms with Crippen LogP contribution in [-0.2, 0) is 17.6 Å². The minimum absolute atomic E-state index is 0.0631. The van der Waals surface area contributed by atoms with Crippen LogP contribution in [0.15, 0.2) is 24.3 Å². The number of carbonyl (C=O) groups excluding carboxylic acids is 1. The molecule has 1 saturated heterocycles. The molecular formula is C23H29FN4O. The Labute approximate surface area is 172 Å². The average Bonchev–Trinajstić information content (AvgIpc) is 3.19. The lowest BCUT2D eigenvalue weighted by molar-refractivity contribution is -0.118. The summed E-state index contributed by atoms with van der Waals surface area (Å²) in [4.78, 5) is 26.6. The Morgan fingerprint density at radius 1 is 1.21 bits per heavy atom. The van der Waals surface area contributed by atoms with E-state index in [0.717, 1.165) is 42.4 Å². The highest BCUT2D eigenvalue weighted by molar-refractivity contribution is 5.95. The maximum absolute atomic E-state index is 14.0. The topological polar surface area (TPSA) is 49.3 Å². The smallest absolute Gasteiger partial charge is 0.228 e. The monoisotopic (exact) mass is 396 g/mol. The summed E-state index contributed by atoms with van der Waals surface area (Å²) in [6.07, 6.45) is 2.65. The predicted molar refractivity (Wildman–Crippen MR) is 112 cm³/mol. The predicted octanol–water partition coefficient (Wildman–Crippen LogP) is 3.64. The third kappa shape index (κ3) is 4.04. The summed E-state index contributed by atoms with van der Waals surface area (Å²) < 4.78 is 14.0. The second-order valence-electron chi connectivity index (χ2n) is 8.43. The van der Waals surface area contributed by atoms with E-state index in [0.29, 0.717) is 43.3 Å². The van der Waals surface area contributed by atoms with Gasteiger partial charge in [0.05, 0.1) is 0 Å². The van der Waals surface area contributed by atoms with Crippen LogP contribution in [0.1, 0.15) is 55.3 Å². The molecule has 4 rings (SSSR count). The highest BCUT2D eigenvalue weighted by Crippen LogP contribution is 2.32. The lowest BCUT2D eigenvalue weighted by atomic mass is 10.0. The van der Waals surface area contributed by atoms with Crippen LogP contribution in [0.4, 0.5) is 10.2 Å². The first kappa shape index (κ1) is 20.0. The number of likely N-dealkylation sites (tertiary alicyclic amines) is 1. The van der Waals surface area contributed by atoms with E-state index in [1.807, 2.05) is 13.0 Å². The Morgan fingerprint density at radius 3 is 2.72 bits per heavy atom. The maximum atomic E-state index is 14.0. The fourth-order valence-electron chi connectivity index (χ4n) is 4.42. The Bertz CT molecular complexity index is 914. The molecule has 0 N–H and O–H groups in total. The molecule has 1 aromatic carbocycles. The number of fused-ring (bicyclic) bond motifs is 1. The van der Waals surface area contributed by atoms with Crippen molar-refractivity contribution in [3.05, 3.63) is 52.7 Å². The number of halogens is 1. The van der Waals surface area contributed by atoms with Crippen molar-refractivity contribution in [3.8, 4) is 0 Å². The molecule has 2 aliphatic rings. The van der Waals surface area contributed by atoms with Gasteiger partial charge in [-0.25, -0.2) is 14.4 Å². The van der Waals surface area contributed by atoms with Gasteiger partial charge in [-0.2, -0.15) is 0 Å². The molecule has 1 atom stereocenters. The van der Waals surface area contributed by atoms with E-state index in [9.17, 15) is 9.18 Å². The first-order valence-electron chi connectivity index (χ1n) is 10.6. The third-order valence-corrected chi connectivity index (χ3v) is 6.23. The maximum Gasteiger partial charge on any atom is 0.228 e. The van der Waals surface area contributed by atoms with Gasteiger partial charge in [-0.1, -0.05) is 18.2 Å². The number of nitrogens with zero attached hydrogens (tertiary/aromatic N) is 4. The summed E-state index contributed by atoms with van der Waals surface area (Å²) in [6.45, 7) is 8.89. The molecule has 29 heavy (non-hydrogen) atoms. The molecule has 6 heteroatoms. The second kappa shape index (κ2) is 8.19. The lowest BCUT2D eigenvalue weighted by Crippen LogP contribution is -2.38. The molecule has 1 fully saturated rings. The van der Waals surface area contributed by atoms with Crippen LogP contribution in [0.3, 0.4) is 0 Å². The van der Waals surface area contributed by atoms with E-state index < -0.39 is 0 Å². The Kier molecular flexibility index (Phi) is 5.63. The van der Waals surface area contributed by atoms with Crippen molar-refractivity contribution in [2.45, 2.75) is 58.4 Å². The van der Waals surface area contributed by atoms with Gasteiger partial charge in [0.25, 0.3) is 0 Å². The summed E-state index contributed by atoms with van der Waals surface area (Å²) in [7, 11) is 0. The fraction of sp³-hybridized carbons (Fsp3) is 0.522. The quantitative estimate of drug-likeness (QED) is 0.774. The molecule has 2 aliphatic heterocycles. The minimum Gasteiger partial charge on any atom is -0.300 e. The van der Waals surface area contributed by atoms with E-state index >= 15 is 0 Å². The zero-order valence-electron chi connectivity index (χ0n) is 17.5. The molecule has 154 valence electrons. The number of aromatic nitrogens is 2. The highest BCUT2D eigenvalue weighted by atomic mass is 19.1. The Balaban J connectivity index is 1.60. The van der Waals surface area contributed by atoms with E-state index in [1.54, 1.807) is 17.0 Å². The van der Waals surface area contributed by atoms with E-state index in [2.05, 4.69) is 18.7 Å². The van der Waals surface area contributed by atoms with E-state index in [4.69, 9.17) is 9.97 Å². The van der Waals surface area contributed by atoms with Crippen molar-refractivity contribution in [1.29, 1.82) is 0 Å². The molecular weight excluding hydrogens is 367 g/mol. The normalized spacial score (nSPS) is 19.8. The van der Waals surface area contributed by atoms with Crippen LogP contribution < -0.4 is 4.90 Å². The molecule has 1 amide bonds. The van der Waals surface area contributed by atoms with Crippen LogP contribution in [0.2, 0.25) is 0 Å². The summed E-state index contributed by atoms with van der Waals surface area (Å²) in [5.74, 6) is 1.72. The Morgan fingerprint density at radius 2 is 2.00 bits per heavy atom. The lowest BCUT2D eigenvalue weighted by Gasteiger charge is -2.30. The zero-order chi connectivity index (χ0) is 20.5. The number of carbonyl (C=O) groups is 1. The molecule has 0 saturated carbocycles. The summed E-state index contributed by atoms with van der Waals surface area (Å²) in [5.41, 5.74) is 2.65. The molecule has 0 unspecified atom stereocenters.